The molecular weight excluding hydrogens is 200 g/mol. The molecule has 13 heavy (non-hydrogen) atoms. The van der Waals surface area contributed by atoms with Gasteiger partial charge in [0, 0.05) is 29.4 Å². The van der Waals surface area contributed by atoms with Crippen molar-refractivity contribution >= 4 is 23.1 Å². The summed E-state index contributed by atoms with van der Waals surface area (Å²) in [4.78, 5) is 4.25. The lowest BCUT2D eigenvalue weighted by Gasteiger charge is -2.15. The summed E-state index contributed by atoms with van der Waals surface area (Å²) in [7, 11) is 0. The van der Waals surface area contributed by atoms with Gasteiger partial charge < -0.3 is 5.32 Å². The van der Waals surface area contributed by atoms with Crippen LogP contribution in [0.2, 0.25) is 0 Å². The van der Waals surface area contributed by atoms with Crippen LogP contribution in [0.3, 0.4) is 0 Å². The summed E-state index contributed by atoms with van der Waals surface area (Å²) in [6.07, 6.45) is 3.17. The number of hydrogen-bond acceptors (Lipinski definition) is 4. The van der Waals surface area contributed by atoms with Crippen LogP contribution in [0, 0.1) is 0 Å². The third-order valence-corrected chi connectivity index (χ3v) is 4.48. The van der Waals surface area contributed by atoms with Gasteiger partial charge in [-0.25, -0.2) is 4.98 Å². The Kier molecular flexibility index (Phi) is 3.24. The Morgan fingerprint density at radius 3 is 3.23 bits per heavy atom. The lowest BCUT2D eigenvalue weighted by atomic mass is 10.2. The number of nitrogens with zero attached hydrogens (tertiary/aromatic N) is 1. The summed E-state index contributed by atoms with van der Waals surface area (Å²) in [5, 5.41) is 7.55. The molecule has 0 spiro atoms. The molecule has 72 valence electrons. The van der Waals surface area contributed by atoms with E-state index in [9.17, 15) is 0 Å². The van der Waals surface area contributed by atoms with E-state index in [4.69, 9.17) is 0 Å². The molecule has 1 N–H and O–H groups in total. The molecule has 0 radical (unpaired) electrons. The topological polar surface area (TPSA) is 24.9 Å². The predicted molar refractivity (Wildman–Crippen MR) is 59.3 cm³/mol. The molecule has 2 rings (SSSR count). The highest BCUT2D eigenvalue weighted by atomic mass is 32.2. The minimum absolute atomic E-state index is 0.689. The standard InChI is InChI=1S/C9H14N2S2/c1-7-8(2-4-12-7)11-6-9-10-3-5-13-9/h3,5,7-8,11H,2,4,6H2,1H3. The third kappa shape index (κ3) is 2.45. The molecule has 0 saturated carbocycles. The second-order valence-electron chi connectivity index (χ2n) is 3.28. The summed E-state index contributed by atoms with van der Waals surface area (Å²) in [5.74, 6) is 1.30. The van der Waals surface area contributed by atoms with Crippen molar-refractivity contribution in [2.75, 3.05) is 5.75 Å². The molecule has 0 aromatic carbocycles. The van der Waals surface area contributed by atoms with Gasteiger partial charge in [-0.05, 0) is 12.2 Å². The van der Waals surface area contributed by atoms with E-state index >= 15 is 0 Å². The Bertz CT molecular complexity index is 248. The van der Waals surface area contributed by atoms with Gasteiger partial charge in [-0.3, -0.25) is 0 Å². The molecule has 0 bridgehead atoms. The highest BCUT2D eigenvalue weighted by Gasteiger charge is 2.23. The molecule has 2 atom stereocenters. The van der Waals surface area contributed by atoms with Gasteiger partial charge in [-0.2, -0.15) is 11.8 Å². The molecule has 1 aliphatic rings. The number of thiazole rings is 1. The molecule has 4 heteroatoms. The molecule has 0 aliphatic carbocycles. The van der Waals surface area contributed by atoms with Crippen molar-refractivity contribution in [1.82, 2.24) is 10.3 Å². The zero-order chi connectivity index (χ0) is 9.10. The van der Waals surface area contributed by atoms with Crippen LogP contribution in [0.5, 0.6) is 0 Å². The van der Waals surface area contributed by atoms with Gasteiger partial charge >= 0.3 is 0 Å². The SMILES string of the molecule is CC1SCCC1NCc1nccs1. The van der Waals surface area contributed by atoms with Crippen LogP contribution in [0.1, 0.15) is 18.4 Å². The van der Waals surface area contributed by atoms with Crippen molar-refractivity contribution < 1.29 is 0 Å². The minimum Gasteiger partial charge on any atom is -0.307 e. The van der Waals surface area contributed by atoms with Crippen LogP contribution >= 0.6 is 23.1 Å². The Balaban J connectivity index is 1.79. The van der Waals surface area contributed by atoms with E-state index in [1.54, 1.807) is 11.3 Å². The molecule has 1 fully saturated rings. The van der Waals surface area contributed by atoms with Gasteiger partial charge in [0.1, 0.15) is 5.01 Å². The van der Waals surface area contributed by atoms with E-state index in [0.29, 0.717) is 6.04 Å². The van der Waals surface area contributed by atoms with Crippen molar-refractivity contribution in [3.8, 4) is 0 Å². The summed E-state index contributed by atoms with van der Waals surface area (Å²) >= 11 is 3.79. The highest BCUT2D eigenvalue weighted by molar-refractivity contribution is 8.00. The Morgan fingerprint density at radius 1 is 1.69 bits per heavy atom. The molecule has 0 amide bonds. The summed E-state index contributed by atoms with van der Waals surface area (Å²) < 4.78 is 0. The van der Waals surface area contributed by atoms with Crippen molar-refractivity contribution in [2.24, 2.45) is 0 Å². The minimum atomic E-state index is 0.689. The molecule has 1 aromatic heterocycles. The van der Waals surface area contributed by atoms with Gasteiger partial charge in [0.25, 0.3) is 0 Å². The zero-order valence-corrected chi connectivity index (χ0v) is 9.33. The molecule has 2 heterocycles. The Hall–Kier alpha value is -0.0600. The molecule has 1 saturated heterocycles. The number of aromatic nitrogens is 1. The quantitative estimate of drug-likeness (QED) is 0.834. The maximum Gasteiger partial charge on any atom is 0.106 e. The van der Waals surface area contributed by atoms with Gasteiger partial charge in [0.15, 0.2) is 0 Å². The smallest absolute Gasteiger partial charge is 0.106 e. The van der Waals surface area contributed by atoms with Gasteiger partial charge in [0.05, 0.1) is 0 Å². The Labute approximate surface area is 87.1 Å². The summed E-state index contributed by atoms with van der Waals surface area (Å²) in [6.45, 7) is 3.24. The maximum absolute atomic E-state index is 4.25. The predicted octanol–water partition coefficient (Wildman–Crippen LogP) is 2.13. The Morgan fingerprint density at radius 2 is 2.62 bits per heavy atom. The fourth-order valence-electron chi connectivity index (χ4n) is 1.56. The number of thioether (sulfide) groups is 1. The van der Waals surface area contributed by atoms with E-state index in [-0.39, 0.29) is 0 Å². The van der Waals surface area contributed by atoms with Crippen molar-refractivity contribution in [3.05, 3.63) is 16.6 Å². The maximum atomic E-state index is 4.25. The van der Waals surface area contributed by atoms with E-state index < -0.39 is 0 Å². The average molecular weight is 214 g/mol. The van der Waals surface area contributed by atoms with Gasteiger partial charge in [-0.1, -0.05) is 6.92 Å². The second-order valence-corrected chi connectivity index (χ2v) is 5.74. The van der Waals surface area contributed by atoms with Crippen LogP contribution in [-0.4, -0.2) is 22.0 Å². The van der Waals surface area contributed by atoms with Gasteiger partial charge in [0.2, 0.25) is 0 Å². The molecule has 1 aromatic rings. The molecular formula is C9H14N2S2. The van der Waals surface area contributed by atoms with E-state index in [1.807, 2.05) is 11.6 Å². The number of nitrogens with one attached hydrogen (secondary N) is 1. The second kappa shape index (κ2) is 4.44. The lowest BCUT2D eigenvalue weighted by Crippen LogP contribution is -2.32. The molecule has 2 nitrogen and oxygen atoms in total. The first-order valence-electron chi connectivity index (χ1n) is 4.59. The van der Waals surface area contributed by atoms with Crippen molar-refractivity contribution in [2.45, 2.75) is 31.2 Å². The van der Waals surface area contributed by atoms with Gasteiger partial charge in [-0.15, -0.1) is 11.3 Å². The lowest BCUT2D eigenvalue weighted by molar-refractivity contribution is 0.512. The number of hydrogen-bond donors (Lipinski definition) is 1. The first-order chi connectivity index (χ1) is 6.36. The molecule has 2 unspecified atom stereocenters. The van der Waals surface area contributed by atoms with E-state index in [0.717, 1.165) is 11.8 Å². The fraction of sp³-hybridized carbons (Fsp3) is 0.667. The van der Waals surface area contributed by atoms with Crippen LogP contribution in [0.25, 0.3) is 0 Å². The summed E-state index contributed by atoms with van der Waals surface area (Å²) in [5.41, 5.74) is 0. The third-order valence-electron chi connectivity index (χ3n) is 2.38. The van der Waals surface area contributed by atoms with Crippen LogP contribution in [0.15, 0.2) is 11.6 Å². The fourth-order valence-corrected chi connectivity index (χ4v) is 3.35. The van der Waals surface area contributed by atoms with Crippen LogP contribution < -0.4 is 5.32 Å². The normalized spacial score (nSPS) is 28.1. The largest absolute Gasteiger partial charge is 0.307 e. The zero-order valence-electron chi connectivity index (χ0n) is 7.69. The van der Waals surface area contributed by atoms with Crippen LogP contribution in [-0.2, 0) is 6.54 Å². The monoisotopic (exact) mass is 214 g/mol. The average Bonchev–Trinajstić information content (AvgIpc) is 2.72. The molecule has 1 aliphatic heterocycles. The first-order valence-corrected chi connectivity index (χ1v) is 6.52. The van der Waals surface area contributed by atoms with Crippen molar-refractivity contribution in [3.63, 3.8) is 0 Å². The van der Waals surface area contributed by atoms with E-state index in [1.165, 1.54) is 17.2 Å². The number of rotatable bonds is 3. The highest BCUT2D eigenvalue weighted by Crippen LogP contribution is 2.26. The summed E-state index contributed by atoms with van der Waals surface area (Å²) in [6, 6.07) is 0.689. The van der Waals surface area contributed by atoms with E-state index in [2.05, 4.69) is 29.0 Å². The van der Waals surface area contributed by atoms with Crippen molar-refractivity contribution in [1.29, 1.82) is 0 Å². The first kappa shape index (κ1) is 9.49. The van der Waals surface area contributed by atoms with Crippen LogP contribution in [0.4, 0.5) is 0 Å².